The molecule has 0 radical (unpaired) electrons. The Bertz CT molecular complexity index is 915. The number of H-pyrrole nitrogens is 1. The molecule has 7 heteroatoms. The number of benzene rings is 1. The molecule has 0 atom stereocenters. The Morgan fingerprint density at radius 3 is 2.92 bits per heavy atom. The maximum Gasteiger partial charge on any atom is 0.226 e. The van der Waals surface area contributed by atoms with Crippen molar-refractivity contribution in [2.45, 2.75) is 32.9 Å². The van der Waals surface area contributed by atoms with E-state index < -0.39 is 0 Å². The topological polar surface area (TPSA) is 69.8 Å². The van der Waals surface area contributed by atoms with Gasteiger partial charge < -0.3 is 15.6 Å². The number of aromatic nitrogens is 2. The van der Waals surface area contributed by atoms with Gasteiger partial charge in [0.05, 0.1) is 35.0 Å². The Morgan fingerprint density at radius 1 is 1.36 bits per heavy atom. The van der Waals surface area contributed by atoms with Crippen LogP contribution < -0.4 is 10.6 Å². The monoisotopic (exact) mass is 374 g/mol. The van der Waals surface area contributed by atoms with Crippen molar-refractivity contribution >= 4 is 45.4 Å². The fraction of sp³-hybridized carbons (Fsp3) is 0.333. The van der Waals surface area contributed by atoms with E-state index in [0.29, 0.717) is 18.1 Å². The van der Waals surface area contributed by atoms with Crippen molar-refractivity contribution in [3.63, 3.8) is 0 Å². The third-order valence-electron chi connectivity index (χ3n) is 4.70. The summed E-state index contributed by atoms with van der Waals surface area (Å²) in [4.78, 5) is 19.7. The normalized spacial score (nSPS) is 15.3. The lowest BCUT2D eigenvalue weighted by molar-refractivity contribution is -0.125. The molecule has 0 bridgehead atoms. The zero-order valence-corrected chi connectivity index (χ0v) is 15.4. The molecule has 1 fully saturated rings. The van der Waals surface area contributed by atoms with Crippen LogP contribution in [-0.4, -0.2) is 15.9 Å². The molecule has 130 valence electrons. The SMILES string of the molecule is CC1(C(=O)NCc2cc3cc(Cl)c(NCc4cscn4)cc3[nH]2)CC1. The molecule has 1 aliphatic rings. The van der Waals surface area contributed by atoms with Crippen LogP contribution in [0.2, 0.25) is 5.02 Å². The van der Waals surface area contributed by atoms with E-state index in [1.807, 2.05) is 36.0 Å². The van der Waals surface area contributed by atoms with Crippen molar-refractivity contribution in [1.82, 2.24) is 15.3 Å². The number of fused-ring (bicyclic) bond motifs is 1. The van der Waals surface area contributed by atoms with Crippen molar-refractivity contribution < 1.29 is 4.79 Å². The van der Waals surface area contributed by atoms with Crippen LogP contribution in [0.5, 0.6) is 0 Å². The highest BCUT2D eigenvalue weighted by Gasteiger charge is 2.44. The molecule has 1 aliphatic carbocycles. The van der Waals surface area contributed by atoms with E-state index in [1.54, 1.807) is 11.3 Å². The molecule has 1 saturated carbocycles. The minimum Gasteiger partial charge on any atom is -0.378 e. The molecule has 2 aromatic heterocycles. The fourth-order valence-electron chi connectivity index (χ4n) is 2.76. The molecule has 25 heavy (non-hydrogen) atoms. The number of thiazole rings is 1. The van der Waals surface area contributed by atoms with Crippen LogP contribution in [0.3, 0.4) is 0 Å². The lowest BCUT2D eigenvalue weighted by atomic mass is 10.1. The predicted octanol–water partition coefficient (Wildman–Crippen LogP) is 4.31. The first kappa shape index (κ1) is 16.4. The summed E-state index contributed by atoms with van der Waals surface area (Å²) in [6.45, 7) is 3.15. The molecule has 0 spiro atoms. The van der Waals surface area contributed by atoms with E-state index in [1.165, 1.54) is 0 Å². The first-order valence-electron chi connectivity index (χ1n) is 8.24. The Kier molecular flexibility index (Phi) is 4.17. The van der Waals surface area contributed by atoms with E-state index in [4.69, 9.17) is 11.6 Å². The van der Waals surface area contributed by atoms with Gasteiger partial charge in [0, 0.05) is 27.4 Å². The van der Waals surface area contributed by atoms with Crippen LogP contribution in [0.1, 0.15) is 31.2 Å². The van der Waals surface area contributed by atoms with Crippen molar-refractivity contribution in [1.29, 1.82) is 0 Å². The van der Waals surface area contributed by atoms with Crippen LogP contribution in [0, 0.1) is 5.41 Å². The highest BCUT2D eigenvalue weighted by Crippen LogP contribution is 2.45. The number of nitrogens with zero attached hydrogens (tertiary/aromatic N) is 1. The van der Waals surface area contributed by atoms with Gasteiger partial charge in [0.1, 0.15) is 0 Å². The van der Waals surface area contributed by atoms with E-state index >= 15 is 0 Å². The lowest BCUT2D eigenvalue weighted by Gasteiger charge is -2.08. The number of aromatic amines is 1. The number of hydrogen-bond acceptors (Lipinski definition) is 4. The molecule has 0 saturated heterocycles. The number of amides is 1. The molecule has 4 rings (SSSR count). The van der Waals surface area contributed by atoms with Gasteiger partial charge in [0.15, 0.2) is 0 Å². The van der Waals surface area contributed by atoms with Crippen molar-refractivity contribution in [2.75, 3.05) is 5.32 Å². The highest BCUT2D eigenvalue weighted by molar-refractivity contribution is 7.07. The minimum absolute atomic E-state index is 0.134. The maximum atomic E-state index is 12.1. The third kappa shape index (κ3) is 3.50. The zero-order valence-electron chi connectivity index (χ0n) is 13.9. The summed E-state index contributed by atoms with van der Waals surface area (Å²) in [5.41, 5.74) is 5.49. The molecule has 2 heterocycles. The van der Waals surface area contributed by atoms with E-state index in [0.717, 1.165) is 40.8 Å². The van der Waals surface area contributed by atoms with Crippen LogP contribution in [-0.2, 0) is 17.9 Å². The standard InChI is InChI=1S/C18H19ClN4OS/c1-18(2-3-18)17(24)21-7-12-4-11-5-14(19)16(6-15(11)23-12)20-8-13-9-25-10-22-13/h4-6,9-10,20,23H,2-3,7-8H2,1H3,(H,21,24). The van der Waals surface area contributed by atoms with Crippen LogP contribution in [0.15, 0.2) is 29.1 Å². The van der Waals surface area contributed by atoms with Gasteiger partial charge in [-0.2, -0.15) is 0 Å². The molecule has 1 aromatic carbocycles. The number of halogens is 1. The lowest BCUT2D eigenvalue weighted by Crippen LogP contribution is -2.29. The number of hydrogen-bond donors (Lipinski definition) is 3. The summed E-state index contributed by atoms with van der Waals surface area (Å²) in [5, 5.41) is 10.0. The number of carbonyl (C=O) groups excluding carboxylic acids is 1. The van der Waals surface area contributed by atoms with Gasteiger partial charge in [-0.05, 0) is 31.0 Å². The fourth-order valence-corrected chi connectivity index (χ4v) is 3.56. The first-order valence-corrected chi connectivity index (χ1v) is 9.56. The molecule has 3 N–H and O–H groups in total. The van der Waals surface area contributed by atoms with Crippen LogP contribution >= 0.6 is 22.9 Å². The quantitative estimate of drug-likeness (QED) is 0.602. The van der Waals surface area contributed by atoms with Gasteiger partial charge in [0.25, 0.3) is 0 Å². The second kappa shape index (κ2) is 6.35. The highest BCUT2D eigenvalue weighted by atomic mass is 35.5. The van der Waals surface area contributed by atoms with Crippen LogP contribution in [0.4, 0.5) is 5.69 Å². The summed E-state index contributed by atoms with van der Waals surface area (Å²) in [5.74, 6) is 0.134. The summed E-state index contributed by atoms with van der Waals surface area (Å²) in [6.07, 6.45) is 1.96. The van der Waals surface area contributed by atoms with E-state index in [9.17, 15) is 4.79 Å². The Hall–Kier alpha value is -2.05. The van der Waals surface area contributed by atoms with Crippen LogP contribution in [0.25, 0.3) is 10.9 Å². The Labute approximate surface area is 154 Å². The Balaban J connectivity index is 1.47. The summed E-state index contributed by atoms with van der Waals surface area (Å²) in [7, 11) is 0. The van der Waals surface area contributed by atoms with Gasteiger partial charge in [-0.1, -0.05) is 18.5 Å². The zero-order chi connectivity index (χ0) is 17.4. The third-order valence-corrected chi connectivity index (χ3v) is 5.64. The number of anilines is 1. The van der Waals surface area contributed by atoms with Crippen molar-refractivity contribution in [3.05, 3.63) is 45.5 Å². The molecule has 1 amide bonds. The largest absolute Gasteiger partial charge is 0.378 e. The van der Waals surface area contributed by atoms with E-state index in [2.05, 4.69) is 20.6 Å². The molecular weight excluding hydrogens is 356 g/mol. The Morgan fingerprint density at radius 2 is 2.20 bits per heavy atom. The number of carbonyl (C=O) groups is 1. The minimum atomic E-state index is -0.151. The van der Waals surface area contributed by atoms with E-state index in [-0.39, 0.29) is 11.3 Å². The smallest absolute Gasteiger partial charge is 0.226 e. The predicted molar refractivity (Wildman–Crippen MR) is 102 cm³/mol. The summed E-state index contributed by atoms with van der Waals surface area (Å²) in [6, 6.07) is 5.96. The second-order valence-electron chi connectivity index (χ2n) is 6.79. The average molecular weight is 375 g/mol. The average Bonchev–Trinajstić information content (AvgIpc) is 3.01. The molecular formula is C18H19ClN4OS. The summed E-state index contributed by atoms with van der Waals surface area (Å²) >= 11 is 7.96. The molecule has 0 aliphatic heterocycles. The molecule has 5 nitrogen and oxygen atoms in total. The van der Waals surface area contributed by atoms with Crippen molar-refractivity contribution in [3.8, 4) is 0 Å². The molecule has 3 aromatic rings. The summed E-state index contributed by atoms with van der Waals surface area (Å²) < 4.78 is 0. The number of rotatable bonds is 6. The number of nitrogens with one attached hydrogen (secondary N) is 3. The van der Waals surface area contributed by atoms with Gasteiger partial charge >= 0.3 is 0 Å². The van der Waals surface area contributed by atoms with Gasteiger partial charge in [-0.15, -0.1) is 11.3 Å². The molecule has 0 unspecified atom stereocenters. The maximum absolute atomic E-state index is 12.1. The van der Waals surface area contributed by atoms with Crippen molar-refractivity contribution in [2.24, 2.45) is 5.41 Å². The van der Waals surface area contributed by atoms with Gasteiger partial charge in [-0.3, -0.25) is 4.79 Å². The second-order valence-corrected chi connectivity index (χ2v) is 7.92. The van der Waals surface area contributed by atoms with Gasteiger partial charge in [0.2, 0.25) is 5.91 Å². The van der Waals surface area contributed by atoms with Gasteiger partial charge in [-0.25, -0.2) is 4.98 Å². The first-order chi connectivity index (χ1) is 12.0.